The van der Waals surface area contributed by atoms with Crippen molar-refractivity contribution in [2.24, 2.45) is 0 Å². The smallest absolute Gasteiger partial charge is 0.119 e. The van der Waals surface area contributed by atoms with Crippen LogP contribution in [-0.2, 0) is 6.54 Å². The number of benzene rings is 1. The van der Waals surface area contributed by atoms with Gasteiger partial charge in [0.25, 0.3) is 0 Å². The molecule has 1 N–H and O–H groups in total. The van der Waals surface area contributed by atoms with Gasteiger partial charge in [-0.05, 0) is 45.3 Å². The highest BCUT2D eigenvalue weighted by Gasteiger charge is 1.95. The van der Waals surface area contributed by atoms with Gasteiger partial charge in [0.1, 0.15) is 5.75 Å². The molecule has 0 radical (unpaired) electrons. The number of nitrogens with zero attached hydrogens (tertiary/aromatic N) is 1. The van der Waals surface area contributed by atoms with Gasteiger partial charge >= 0.3 is 0 Å². The third kappa shape index (κ3) is 5.14. The fraction of sp³-hybridized carbons (Fsp3) is 0.538. The molecular formula is C13H22N2O. The standard InChI is InChI=1S/C13H22N2O/c1-14-11-12-5-7-13(8-6-12)16-10-4-9-15(2)3/h5-8,14H,4,9-11H2,1-3H3. The summed E-state index contributed by atoms with van der Waals surface area (Å²) in [6, 6.07) is 8.25. The normalized spacial score (nSPS) is 10.8. The van der Waals surface area contributed by atoms with Gasteiger partial charge in [-0.25, -0.2) is 0 Å². The van der Waals surface area contributed by atoms with E-state index >= 15 is 0 Å². The lowest BCUT2D eigenvalue weighted by Gasteiger charge is -2.10. The molecule has 0 amide bonds. The molecule has 1 aromatic rings. The maximum Gasteiger partial charge on any atom is 0.119 e. The highest BCUT2D eigenvalue weighted by Crippen LogP contribution is 2.12. The average Bonchev–Trinajstić information content (AvgIpc) is 2.27. The van der Waals surface area contributed by atoms with E-state index in [0.717, 1.165) is 31.9 Å². The molecule has 90 valence electrons. The van der Waals surface area contributed by atoms with Crippen LogP contribution in [0.1, 0.15) is 12.0 Å². The Balaban J connectivity index is 2.26. The third-order valence-corrected chi connectivity index (χ3v) is 2.32. The van der Waals surface area contributed by atoms with E-state index in [1.54, 1.807) is 0 Å². The molecule has 0 spiro atoms. The molecule has 0 aromatic heterocycles. The van der Waals surface area contributed by atoms with Crippen molar-refractivity contribution in [3.05, 3.63) is 29.8 Å². The lowest BCUT2D eigenvalue weighted by molar-refractivity contribution is 0.281. The van der Waals surface area contributed by atoms with E-state index in [1.165, 1.54) is 5.56 Å². The summed E-state index contributed by atoms with van der Waals surface area (Å²) in [5, 5.41) is 3.12. The van der Waals surface area contributed by atoms with Crippen molar-refractivity contribution in [2.75, 3.05) is 34.3 Å². The van der Waals surface area contributed by atoms with Gasteiger partial charge in [0, 0.05) is 13.1 Å². The van der Waals surface area contributed by atoms with Crippen LogP contribution < -0.4 is 10.1 Å². The first-order valence-corrected chi connectivity index (χ1v) is 5.73. The highest BCUT2D eigenvalue weighted by atomic mass is 16.5. The predicted molar refractivity (Wildman–Crippen MR) is 67.9 cm³/mol. The molecule has 0 unspecified atom stereocenters. The average molecular weight is 222 g/mol. The topological polar surface area (TPSA) is 24.5 Å². The SMILES string of the molecule is CNCc1ccc(OCCCN(C)C)cc1. The minimum atomic E-state index is 0.781. The second-order valence-corrected chi connectivity index (χ2v) is 4.18. The largest absolute Gasteiger partial charge is 0.494 e. The Morgan fingerprint density at radius 2 is 1.88 bits per heavy atom. The summed E-state index contributed by atoms with van der Waals surface area (Å²) in [6.45, 7) is 2.75. The molecule has 3 heteroatoms. The first-order valence-electron chi connectivity index (χ1n) is 5.73. The maximum atomic E-state index is 5.64. The van der Waals surface area contributed by atoms with Gasteiger partial charge in [0.2, 0.25) is 0 Å². The molecule has 0 aliphatic rings. The second-order valence-electron chi connectivity index (χ2n) is 4.18. The van der Waals surface area contributed by atoms with Gasteiger partial charge in [-0.15, -0.1) is 0 Å². The molecule has 3 nitrogen and oxygen atoms in total. The van der Waals surface area contributed by atoms with Crippen LogP contribution in [0.2, 0.25) is 0 Å². The van der Waals surface area contributed by atoms with Gasteiger partial charge in [0.05, 0.1) is 6.61 Å². The lowest BCUT2D eigenvalue weighted by Crippen LogP contribution is -2.15. The van der Waals surface area contributed by atoms with Gasteiger partial charge in [-0.3, -0.25) is 0 Å². The Kier molecular flexibility index (Phi) is 5.90. The van der Waals surface area contributed by atoms with Crippen LogP contribution in [-0.4, -0.2) is 39.2 Å². The minimum absolute atomic E-state index is 0.781. The zero-order valence-electron chi connectivity index (χ0n) is 10.5. The maximum absolute atomic E-state index is 5.64. The Morgan fingerprint density at radius 1 is 1.19 bits per heavy atom. The van der Waals surface area contributed by atoms with Crippen LogP contribution in [0, 0.1) is 0 Å². The van der Waals surface area contributed by atoms with Crippen LogP contribution in [0.4, 0.5) is 0 Å². The summed E-state index contributed by atoms with van der Waals surface area (Å²) in [5.74, 6) is 0.957. The monoisotopic (exact) mass is 222 g/mol. The number of rotatable bonds is 7. The Morgan fingerprint density at radius 3 is 2.44 bits per heavy atom. The van der Waals surface area contributed by atoms with E-state index in [-0.39, 0.29) is 0 Å². The molecule has 0 aliphatic heterocycles. The van der Waals surface area contributed by atoms with E-state index in [0.29, 0.717) is 0 Å². The molecular weight excluding hydrogens is 200 g/mol. The minimum Gasteiger partial charge on any atom is -0.494 e. The molecule has 0 atom stereocenters. The predicted octanol–water partition coefficient (Wildman–Crippen LogP) is 1.74. The summed E-state index contributed by atoms with van der Waals surface area (Å²) in [7, 11) is 6.10. The summed E-state index contributed by atoms with van der Waals surface area (Å²) < 4.78 is 5.64. The van der Waals surface area contributed by atoms with Crippen LogP contribution >= 0.6 is 0 Å². The van der Waals surface area contributed by atoms with E-state index in [4.69, 9.17) is 4.74 Å². The fourth-order valence-corrected chi connectivity index (χ4v) is 1.48. The number of ether oxygens (including phenoxy) is 1. The molecule has 16 heavy (non-hydrogen) atoms. The van der Waals surface area contributed by atoms with Crippen molar-refractivity contribution < 1.29 is 4.74 Å². The molecule has 0 aliphatic carbocycles. The molecule has 0 bridgehead atoms. The van der Waals surface area contributed by atoms with Gasteiger partial charge < -0.3 is 15.0 Å². The lowest BCUT2D eigenvalue weighted by atomic mass is 10.2. The van der Waals surface area contributed by atoms with Crippen LogP contribution in [0.25, 0.3) is 0 Å². The zero-order valence-corrected chi connectivity index (χ0v) is 10.5. The summed E-state index contributed by atoms with van der Waals surface area (Å²) in [4.78, 5) is 2.17. The summed E-state index contributed by atoms with van der Waals surface area (Å²) >= 11 is 0. The van der Waals surface area contributed by atoms with Gasteiger partial charge in [0.15, 0.2) is 0 Å². The molecule has 1 aromatic carbocycles. The Bertz CT molecular complexity index is 282. The number of nitrogens with one attached hydrogen (secondary N) is 1. The molecule has 0 saturated carbocycles. The number of hydrogen-bond donors (Lipinski definition) is 1. The molecule has 0 saturated heterocycles. The van der Waals surface area contributed by atoms with Crippen molar-refractivity contribution in [3.63, 3.8) is 0 Å². The van der Waals surface area contributed by atoms with Crippen molar-refractivity contribution >= 4 is 0 Å². The van der Waals surface area contributed by atoms with Crippen molar-refractivity contribution in [2.45, 2.75) is 13.0 Å². The van der Waals surface area contributed by atoms with Crippen molar-refractivity contribution in [1.82, 2.24) is 10.2 Å². The third-order valence-electron chi connectivity index (χ3n) is 2.32. The summed E-state index contributed by atoms with van der Waals surface area (Å²) in [6.07, 6.45) is 1.06. The molecule has 1 rings (SSSR count). The molecule has 0 heterocycles. The highest BCUT2D eigenvalue weighted by molar-refractivity contribution is 5.27. The Labute approximate surface area is 98.4 Å². The molecule has 0 fully saturated rings. The first kappa shape index (κ1) is 13.0. The summed E-state index contributed by atoms with van der Waals surface area (Å²) in [5.41, 5.74) is 1.28. The van der Waals surface area contributed by atoms with E-state index < -0.39 is 0 Å². The van der Waals surface area contributed by atoms with E-state index in [1.807, 2.05) is 19.2 Å². The van der Waals surface area contributed by atoms with E-state index in [9.17, 15) is 0 Å². The van der Waals surface area contributed by atoms with Crippen LogP contribution in [0.15, 0.2) is 24.3 Å². The van der Waals surface area contributed by atoms with Gasteiger partial charge in [-0.2, -0.15) is 0 Å². The van der Waals surface area contributed by atoms with E-state index in [2.05, 4.69) is 36.4 Å². The first-order chi connectivity index (χ1) is 7.72. The van der Waals surface area contributed by atoms with Crippen molar-refractivity contribution in [1.29, 1.82) is 0 Å². The second kappa shape index (κ2) is 7.25. The van der Waals surface area contributed by atoms with Crippen LogP contribution in [0.3, 0.4) is 0 Å². The fourth-order valence-electron chi connectivity index (χ4n) is 1.48. The van der Waals surface area contributed by atoms with Gasteiger partial charge in [-0.1, -0.05) is 12.1 Å². The van der Waals surface area contributed by atoms with Crippen LogP contribution in [0.5, 0.6) is 5.75 Å². The zero-order chi connectivity index (χ0) is 11.8. The Hall–Kier alpha value is -1.06. The number of hydrogen-bond acceptors (Lipinski definition) is 3. The quantitative estimate of drug-likeness (QED) is 0.711. The van der Waals surface area contributed by atoms with Crippen molar-refractivity contribution in [3.8, 4) is 5.75 Å².